The first-order valence-corrected chi connectivity index (χ1v) is 16.0. The van der Waals surface area contributed by atoms with Crippen molar-refractivity contribution in [2.75, 3.05) is 0 Å². The van der Waals surface area contributed by atoms with E-state index in [-0.39, 0.29) is 24.6 Å². The Morgan fingerprint density at radius 1 is 0.592 bits per heavy atom. The molecule has 49 heavy (non-hydrogen) atoms. The Labute approximate surface area is 286 Å². The molecule has 0 aromatic heterocycles. The fourth-order valence-corrected chi connectivity index (χ4v) is 5.25. The van der Waals surface area contributed by atoms with Gasteiger partial charge in [0, 0.05) is 46.5 Å². The Balaban J connectivity index is 0.000000276. The molecule has 0 heterocycles. The van der Waals surface area contributed by atoms with E-state index in [2.05, 4.69) is 6.08 Å². The number of benzene rings is 4. The van der Waals surface area contributed by atoms with Gasteiger partial charge >= 0.3 is 23.9 Å². The number of carbonyl (C=O) groups excluding carboxylic acids is 3. The molecule has 2 N–H and O–H groups in total. The van der Waals surface area contributed by atoms with Gasteiger partial charge < -0.3 is 24.4 Å². The number of rotatable bonds is 10. The second-order valence-corrected chi connectivity index (χ2v) is 12.2. The van der Waals surface area contributed by atoms with Gasteiger partial charge in [0.2, 0.25) is 0 Å². The number of carboxylic acid groups (broad SMARTS) is 1. The molecule has 0 saturated carbocycles. The maximum atomic E-state index is 12.2. The molecule has 0 atom stereocenters. The standard InChI is InChI=1S/C22H24O6.C18H20O3/c1-13(2)9-10-16-14(3)21(28-20(26)12-11-19(24)25)17-7-5-6-8-18(17)22(16)27-15(4)23;1-11(2)9-10-14-12(3)17(20)15-7-5-6-8-16(15)18(14)21-13(4)19/h5-9H,10-12H2,1-4H3,(H,24,25);5-9,20H,10H2,1-4H3. The molecule has 0 saturated heterocycles. The summed E-state index contributed by atoms with van der Waals surface area (Å²) in [7, 11) is 0. The van der Waals surface area contributed by atoms with Gasteiger partial charge in [0.05, 0.1) is 12.8 Å². The zero-order valence-electron chi connectivity index (χ0n) is 29.4. The van der Waals surface area contributed by atoms with E-state index in [1.807, 2.05) is 71.0 Å². The fraction of sp³-hybridized carbons (Fsp3) is 0.300. The molecule has 9 nitrogen and oxygen atoms in total. The van der Waals surface area contributed by atoms with E-state index in [4.69, 9.17) is 19.3 Å². The highest BCUT2D eigenvalue weighted by atomic mass is 16.5. The third-order valence-corrected chi connectivity index (χ3v) is 7.67. The Morgan fingerprint density at radius 3 is 1.43 bits per heavy atom. The number of allylic oxidation sites excluding steroid dienone is 4. The topological polar surface area (TPSA) is 136 Å². The third kappa shape index (κ3) is 10.0. The number of phenols is 1. The van der Waals surface area contributed by atoms with Crippen molar-refractivity contribution in [1.29, 1.82) is 0 Å². The van der Waals surface area contributed by atoms with Crippen molar-refractivity contribution in [1.82, 2.24) is 0 Å². The van der Waals surface area contributed by atoms with Crippen molar-refractivity contribution in [3.05, 3.63) is 94.1 Å². The van der Waals surface area contributed by atoms with Crippen LogP contribution in [-0.4, -0.2) is 34.1 Å². The third-order valence-electron chi connectivity index (χ3n) is 7.67. The average Bonchev–Trinajstić information content (AvgIpc) is 3.03. The van der Waals surface area contributed by atoms with Crippen LogP contribution in [0.2, 0.25) is 0 Å². The first-order chi connectivity index (χ1) is 23.1. The molecule has 0 radical (unpaired) electrons. The van der Waals surface area contributed by atoms with Crippen LogP contribution in [0.15, 0.2) is 71.8 Å². The second kappa shape index (κ2) is 17.1. The first kappa shape index (κ1) is 38.0. The molecular weight excluding hydrogens is 624 g/mol. The van der Waals surface area contributed by atoms with E-state index in [9.17, 15) is 24.3 Å². The maximum absolute atomic E-state index is 12.2. The number of ether oxygens (including phenoxy) is 3. The number of esters is 3. The lowest BCUT2D eigenvalue weighted by Gasteiger charge is -2.19. The minimum absolute atomic E-state index is 0.224. The van der Waals surface area contributed by atoms with E-state index in [1.54, 1.807) is 25.1 Å². The summed E-state index contributed by atoms with van der Waals surface area (Å²) in [5.41, 5.74) is 5.30. The van der Waals surface area contributed by atoms with Crippen LogP contribution < -0.4 is 14.2 Å². The van der Waals surface area contributed by atoms with E-state index in [1.165, 1.54) is 19.4 Å². The summed E-state index contributed by atoms with van der Waals surface area (Å²) in [5, 5.41) is 21.9. The number of carbonyl (C=O) groups is 4. The normalized spacial score (nSPS) is 10.4. The van der Waals surface area contributed by atoms with Crippen molar-refractivity contribution in [2.24, 2.45) is 0 Å². The zero-order chi connectivity index (χ0) is 36.4. The van der Waals surface area contributed by atoms with Crippen molar-refractivity contribution >= 4 is 45.4 Å². The molecule has 0 unspecified atom stereocenters. The van der Waals surface area contributed by atoms with E-state index < -0.39 is 17.9 Å². The van der Waals surface area contributed by atoms with Gasteiger partial charge in [-0.3, -0.25) is 19.2 Å². The fourth-order valence-electron chi connectivity index (χ4n) is 5.25. The van der Waals surface area contributed by atoms with Crippen LogP contribution in [0.5, 0.6) is 23.0 Å². The highest BCUT2D eigenvalue weighted by Crippen LogP contribution is 2.42. The van der Waals surface area contributed by atoms with Gasteiger partial charge in [0.25, 0.3) is 0 Å². The largest absolute Gasteiger partial charge is 0.507 e. The van der Waals surface area contributed by atoms with Crippen LogP contribution in [0.25, 0.3) is 21.5 Å². The summed E-state index contributed by atoms with van der Waals surface area (Å²) < 4.78 is 16.5. The lowest BCUT2D eigenvalue weighted by Crippen LogP contribution is -2.13. The highest BCUT2D eigenvalue weighted by molar-refractivity contribution is 5.99. The lowest BCUT2D eigenvalue weighted by molar-refractivity contribution is -0.142. The number of carboxylic acids is 1. The SMILES string of the molecule is CC(=O)Oc1c(CC=C(C)C)c(C)c(O)c2ccccc12.CC(=O)Oc1c(CC=C(C)C)c(C)c(OC(=O)CCC(=O)O)c2ccccc12. The summed E-state index contributed by atoms with van der Waals surface area (Å²) in [4.78, 5) is 46.0. The van der Waals surface area contributed by atoms with Gasteiger partial charge in [-0.15, -0.1) is 0 Å². The van der Waals surface area contributed by atoms with E-state index >= 15 is 0 Å². The number of hydrogen-bond acceptors (Lipinski definition) is 8. The number of aromatic hydroxyl groups is 1. The molecular formula is C40H44O9. The van der Waals surface area contributed by atoms with Crippen LogP contribution in [0.4, 0.5) is 0 Å². The Kier molecular flexibility index (Phi) is 13.3. The summed E-state index contributed by atoms with van der Waals surface area (Å²) in [6.45, 7) is 14.3. The van der Waals surface area contributed by atoms with Gasteiger partial charge in [-0.25, -0.2) is 0 Å². The number of hydrogen-bond donors (Lipinski definition) is 2. The molecule has 0 fully saturated rings. The van der Waals surface area contributed by atoms with Gasteiger partial charge in [0.15, 0.2) is 0 Å². The molecule has 0 amide bonds. The maximum Gasteiger partial charge on any atom is 0.311 e. The summed E-state index contributed by atoms with van der Waals surface area (Å²) in [6.07, 6.45) is 4.66. The van der Waals surface area contributed by atoms with E-state index in [0.29, 0.717) is 51.8 Å². The highest BCUT2D eigenvalue weighted by Gasteiger charge is 2.22. The molecule has 9 heteroatoms. The number of phenolic OH excluding ortho intramolecular Hbond substituents is 1. The van der Waals surface area contributed by atoms with Crippen molar-refractivity contribution in [3.8, 4) is 23.0 Å². The van der Waals surface area contributed by atoms with E-state index in [0.717, 1.165) is 27.6 Å². The van der Waals surface area contributed by atoms with Crippen LogP contribution in [0, 0.1) is 13.8 Å². The van der Waals surface area contributed by atoms with Crippen molar-refractivity contribution < 1.29 is 43.6 Å². The first-order valence-electron chi connectivity index (χ1n) is 16.0. The summed E-state index contributed by atoms with van der Waals surface area (Å²) >= 11 is 0. The molecule has 4 aromatic rings. The van der Waals surface area contributed by atoms with Gasteiger partial charge in [-0.1, -0.05) is 71.8 Å². The molecule has 0 bridgehead atoms. The molecule has 258 valence electrons. The van der Waals surface area contributed by atoms with Crippen LogP contribution in [0.1, 0.15) is 76.6 Å². The van der Waals surface area contributed by atoms with Gasteiger partial charge in [-0.05, 0) is 65.5 Å². The molecule has 4 aromatic carbocycles. The molecule has 0 aliphatic rings. The predicted octanol–water partition coefficient (Wildman–Crippen LogP) is 8.64. The second-order valence-electron chi connectivity index (χ2n) is 12.2. The van der Waals surface area contributed by atoms with Gasteiger partial charge in [-0.2, -0.15) is 0 Å². The quantitative estimate of drug-likeness (QED) is 0.0966. The van der Waals surface area contributed by atoms with Crippen LogP contribution in [-0.2, 0) is 32.0 Å². The Bertz CT molecular complexity index is 1960. The van der Waals surface area contributed by atoms with Crippen molar-refractivity contribution in [3.63, 3.8) is 0 Å². The zero-order valence-corrected chi connectivity index (χ0v) is 29.4. The molecule has 0 spiro atoms. The average molecular weight is 669 g/mol. The minimum atomic E-state index is -1.06. The summed E-state index contributed by atoms with van der Waals surface area (Å²) in [5.74, 6) is -0.873. The molecule has 4 rings (SSSR count). The minimum Gasteiger partial charge on any atom is -0.507 e. The number of aliphatic carboxylic acids is 1. The smallest absolute Gasteiger partial charge is 0.311 e. The number of fused-ring (bicyclic) bond motifs is 2. The Hall–Kier alpha value is -5.44. The van der Waals surface area contributed by atoms with Crippen molar-refractivity contribution in [2.45, 2.75) is 81.1 Å². The molecule has 0 aliphatic heterocycles. The van der Waals surface area contributed by atoms with Gasteiger partial charge in [0.1, 0.15) is 23.0 Å². The van der Waals surface area contributed by atoms with Crippen LogP contribution >= 0.6 is 0 Å². The molecule has 0 aliphatic carbocycles. The monoisotopic (exact) mass is 668 g/mol. The lowest BCUT2D eigenvalue weighted by atomic mass is 9.96. The predicted molar refractivity (Wildman–Crippen MR) is 190 cm³/mol. The summed E-state index contributed by atoms with van der Waals surface area (Å²) in [6, 6.07) is 14.6. The Morgan fingerprint density at radius 2 is 1.00 bits per heavy atom. The van der Waals surface area contributed by atoms with Crippen LogP contribution in [0.3, 0.4) is 0 Å².